The number of hydrogen-bond donors (Lipinski definition) is 0. The second-order valence-electron chi connectivity index (χ2n) is 8.98. The standard InChI is InChI=1S/C21H31N7O2/c1-25-8-10-27(11-9-25)18-12-20(29)28(22-13-18)17-6-3-7-26(14-17)15-19-23-24-21(30-19)16-4-2-5-16/h12-13,16-17H,2-11,14-15H2,1H3. The zero-order valence-electron chi connectivity index (χ0n) is 17.7. The Bertz CT molecular complexity index is 914. The van der Waals surface area contributed by atoms with Gasteiger partial charge in [0.1, 0.15) is 0 Å². The molecule has 1 unspecified atom stereocenters. The van der Waals surface area contributed by atoms with Gasteiger partial charge in [-0.3, -0.25) is 9.69 Å². The molecular weight excluding hydrogens is 382 g/mol. The van der Waals surface area contributed by atoms with E-state index in [-0.39, 0.29) is 11.6 Å². The predicted molar refractivity (Wildman–Crippen MR) is 113 cm³/mol. The maximum absolute atomic E-state index is 12.8. The number of likely N-dealkylation sites (tertiary alicyclic amines) is 1. The lowest BCUT2D eigenvalue weighted by Gasteiger charge is -2.34. The molecule has 2 aromatic heterocycles. The van der Waals surface area contributed by atoms with Crippen LogP contribution >= 0.6 is 0 Å². The average Bonchev–Trinajstić information content (AvgIpc) is 3.15. The first kappa shape index (κ1) is 19.7. The van der Waals surface area contributed by atoms with Gasteiger partial charge in [0.15, 0.2) is 0 Å². The van der Waals surface area contributed by atoms with Crippen LogP contribution in [0.2, 0.25) is 0 Å². The second-order valence-corrected chi connectivity index (χ2v) is 8.98. The van der Waals surface area contributed by atoms with Crippen LogP contribution in [-0.2, 0) is 6.54 Å². The molecule has 1 saturated carbocycles. The molecule has 162 valence electrons. The fourth-order valence-corrected chi connectivity index (χ4v) is 4.64. The van der Waals surface area contributed by atoms with Crippen LogP contribution in [-0.4, -0.2) is 76.1 Å². The highest BCUT2D eigenvalue weighted by molar-refractivity contribution is 5.43. The van der Waals surface area contributed by atoms with Gasteiger partial charge < -0.3 is 14.2 Å². The van der Waals surface area contributed by atoms with Crippen molar-refractivity contribution in [2.75, 3.05) is 51.2 Å². The van der Waals surface area contributed by atoms with Crippen molar-refractivity contribution in [3.63, 3.8) is 0 Å². The quantitative estimate of drug-likeness (QED) is 0.729. The lowest BCUT2D eigenvalue weighted by molar-refractivity contribution is 0.146. The van der Waals surface area contributed by atoms with Gasteiger partial charge in [0.25, 0.3) is 5.56 Å². The summed E-state index contributed by atoms with van der Waals surface area (Å²) < 4.78 is 7.55. The topological polar surface area (TPSA) is 83.5 Å². The summed E-state index contributed by atoms with van der Waals surface area (Å²) in [5.74, 6) is 1.94. The average molecular weight is 414 g/mol. The maximum atomic E-state index is 12.8. The number of anilines is 1. The first-order valence-electron chi connectivity index (χ1n) is 11.2. The predicted octanol–water partition coefficient (Wildman–Crippen LogP) is 1.48. The lowest BCUT2D eigenvalue weighted by atomic mass is 9.85. The first-order chi connectivity index (χ1) is 14.7. The van der Waals surface area contributed by atoms with Crippen LogP contribution in [0, 0.1) is 0 Å². The van der Waals surface area contributed by atoms with Gasteiger partial charge in [0.2, 0.25) is 11.8 Å². The van der Waals surface area contributed by atoms with Gasteiger partial charge in [-0.15, -0.1) is 10.2 Å². The molecule has 2 aromatic rings. The summed E-state index contributed by atoms with van der Waals surface area (Å²) in [6.07, 6.45) is 7.43. The number of nitrogens with zero attached hydrogens (tertiary/aromatic N) is 7. The molecule has 0 radical (unpaired) electrons. The summed E-state index contributed by atoms with van der Waals surface area (Å²) in [4.78, 5) is 19.7. The zero-order valence-corrected chi connectivity index (χ0v) is 17.7. The van der Waals surface area contributed by atoms with Crippen LogP contribution in [0.5, 0.6) is 0 Å². The number of likely N-dealkylation sites (N-methyl/N-ethyl adjacent to an activating group) is 1. The lowest BCUT2D eigenvalue weighted by Crippen LogP contribution is -2.45. The van der Waals surface area contributed by atoms with Crippen molar-refractivity contribution in [3.8, 4) is 0 Å². The van der Waals surface area contributed by atoms with E-state index in [4.69, 9.17) is 4.42 Å². The second kappa shape index (κ2) is 8.47. The van der Waals surface area contributed by atoms with Crippen molar-refractivity contribution in [2.45, 2.75) is 50.6 Å². The monoisotopic (exact) mass is 413 g/mol. The number of aromatic nitrogens is 4. The van der Waals surface area contributed by atoms with E-state index in [1.54, 1.807) is 10.7 Å². The van der Waals surface area contributed by atoms with Gasteiger partial charge in [0, 0.05) is 44.7 Å². The minimum atomic E-state index is -0.0108. The van der Waals surface area contributed by atoms with Crippen LogP contribution in [0.25, 0.3) is 0 Å². The van der Waals surface area contributed by atoms with Gasteiger partial charge in [0.05, 0.1) is 24.5 Å². The van der Waals surface area contributed by atoms with Crippen molar-refractivity contribution < 1.29 is 4.42 Å². The molecule has 1 aliphatic carbocycles. The summed E-state index contributed by atoms with van der Waals surface area (Å²) >= 11 is 0. The minimum Gasteiger partial charge on any atom is -0.424 e. The van der Waals surface area contributed by atoms with Crippen molar-refractivity contribution in [3.05, 3.63) is 34.4 Å². The maximum Gasteiger partial charge on any atom is 0.269 e. The van der Waals surface area contributed by atoms with Crippen LogP contribution < -0.4 is 10.5 Å². The molecule has 4 heterocycles. The highest BCUT2D eigenvalue weighted by Crippen LogP contribution is 2.35. The third kappa shape index (κ3) is 4.13. The highest BCUT2D eigenvalue weighted by Gasteiger charge is 2.27. The van der Waals surface area contributed by atoms with E-state index in [0.717, 1.165) is 76.5 Å². The molecule has 30 heavy (non-hydrogen) atoms. The summed E-state index contributed by atoms with van der Waals surface area (Å²) in [5, 5.41) is 13.0. The Labute approximate surface area is 176 Å². The first-order valence-corrected chi connectivity index (χ1v) is 11.2. The summed E-state index contributed by atoms with van der Waals surface area (Å²) in [7, 11) is 2.13. The number of piperazine rings is 1. The largest absolute Gasteiger partial charge is 0.424 e. The summed E-state index contributed by atoms with van der Waals surface area (Å²) in [6.45, 7) is 6.30. The molecule has 0 spiro atoms. The Kier molecular flexibility index (Phi) is 5.56. The van der Waals surface area contributed by atoms with Crippen molar-refractivity contribution >= 4 is 5.69 Å². The van der Waals surface area contributed by atoms with E-state index < -0.39 is 0 Å². The summed E-state index contributed by atoms with van der Waals surface area (Å²) in [5.41, 5.74) is 0.926. The van der Waals surface area contributed by atoms with E-state index in [2.05, 4.69) is 37.0 Å². The third-order valence-electron chi connectivity index (χ3n) is 6.80. The molecule has 0 aromatic carbocycles. The fraction of sp³-hybridized carbons (Fsp3) is 0.714. The Balaban J connectivity index is 1.23. The van der Waals surface area contributed by atoms with Crippen LogP contribution in [0.4, 0.5) is 5.69 Å². The molecule has 0 bridgehead atoms. The van der Waals surface area contributed by atoms with Crippen LogP contribution in [0.1, 0.15) is 55.8 Å². The third-order valence-corrected chi connectivity index (χ3v) is 6.80. The van der Waals surface area contributed by atoms with Crippen molar-refractivity contribution in [2.24, 2.45) is 0 Å². The van der Waals surface area contributed by atoms with Gasteiger partial charge in [-0.2, -0.15) is 5.10 Å². The van der Waals surface area contributed by atoms with Crippen LogP contribution in [0.15, 0.2) is 21.5 Å². The van der Waals surface area contributed by atoms with Crippen molar-refractivity contribution in [1.29, 1.82) is 0 Å². The number of hydrogen-bond acceptors (Lipinski definition) is 8. The van der Waals surface area contributed by atoms with Crippen LogP contribution in [0.3, 0.4) is 0 Å². The minimum absolute atomic E-state index is 0.0108. The number of piperidine rings is 1. The molecule has 2 saturated heterocycles. The van der Waals surface area contributed by atoms with Gasteiger partial charge in [-0.05, 0) is 39.3 Å². The molecule has 3 fully saturated rings. The Hall–Kier alpha value is -2.26. The molecular formula is C21H31N7O2. The fourth-order valence-electron chi connectivity index (χ4n) is 4.64. The molecule has 2 aliphatic heterocycles. The molecule has 9 heteroatoms. The van der Waals surface area contributed by atoms with E-state index in [9.17, 15) is 4.79 Å². The Morgan fingerprint density at radius 1 is 1.07 bits per heavy atom. The van der Waals surface area contributed by atoms with Gasteiger partial charge >= 0.3 is 0 Å². The normalized spacial score (nSPS) is 24.2. The van der Waals surface area contributed by atoms with E-state index in [0.29, 0.717) is 18.4 Å². The molecule has 0 N–H and O–H groups in total. The van der Waals surface area contributed by atoms with E-state index in [1.165, 1.54) is 6.42 Å². The number of rotatable bonds is 5. The van der Waals surface area contributed by atoms with Gasteiger partial charge in [-0.25, -0.2) is 4.68 Å². The molecule has 3 aliphatic rings. The molecule has 5 rings (SSSR count). The zero-order chi connectivity index (χ0) is 20.5. The Morgan fingerprint density at radius 3 is 2.63 bits per heavy atom. The van der Waals surface area contributed by atoms with E-state index >= 15 is 0 Å². The summed E-state index contributed by atoms with van der Waals surface area (Å²) in [6, 6.07) is 1.84. The molecule has 0 amide bonds. The Morgan fingerprint density at radius 2 is 1.90 bits per heavy atom. The molecule has 1 atom stereocenters. The van der Waals surface area contributed by atoms with E-state index in [1.807, 2.05) is 6.20 Å². The van der Waals surface area contributed by atoms with Crippen molar-refractivity contribution in [1.82, 2.24) is 29.8 Å². The smallest absolute Gasteiger partial charge is 0.269 e. The SMILES string of the molecule is CN1CCN(c2cnn(C3CCCN(Cc4nnc(C5CCC5)o4)C3)c(=O)c2)CC1. The molecule has 9 nitrogen and oxygen atoms in total. The van der Waals surface area contributed by atoms with Gasteiger partial charge in [-0.1, -0.05) is 6.42 Å². The highest BCUT2D eigenvalue weighted by atomic mass is 16.4.